The van der Waals surface area contributed by atoms with Crippen LogP contribution in [0.2, 0.25) is 0 Å². The lowest BCUT2D eigenvalue weighted by Gasteiger charge is -2.14. The Balaban J connectivity index is 2.65. The highest BCUT2D eigenvalue weighted by Crippen LogP contribution is 2.17. The summed E-state index contributed by atoms with van der Waals surface area (Å²) in [6.45, 7) is 1.99. The molecule has 0 radical (unpaired) electrons. The van der Waals surface area contributed by atoms with Crippen molar-refractivity contribution in [2.24, 2.45) is 0 Å². The third-order valence-electron chi connectivity index (χ3n) is 2.33. The molecule has 0 saturated heterocycles. The molecule has 1 amide bonds. The molecule has 82 valence electrons. The maximum Gasteiger partial charge on any atom is 0.225 e. The van der Waals surface area contributed by atoms with Gasteiger partial charge in [-0.3, -0.25) is 4.79 Å². The van der Waals surface area contributed by atoms with E-state index in [0.717, 1.165) is 11.1 Å². The summed E-state index contributed by atoms with van der Waals surface area (Å²) in [5.41, 5.74) is 1.93. The zero-order valence-corrected chi connectivity index (χ0v) is 9.40. The number of aliphatic hydroxyl groups is 1. The Bertz CT molecular complexity index is 330. The number of aryl methyl sites for hydroxylation is 1. The van der Waals surface area contributed by atoms with E-state index in [4.69, 9.17) is 0 Å². The number of carbonyl (C=O) groups excluding carboxylic acids is 1. The van der Waals surface area contributed by atoms with Gasteiger partial charge in [-0.25, -0.2) is 0 Å². The fourth-order valence-electron chi connectivity index (χ4n) is 1.25. The van der Waals surface area contributed by atoms with Crippen LogP contribution >= 0.6 is 0 Å². The quantitative estimate of drug-likeness (QED) is 0.816. The van der Waals surface area contributed by atoms with Crippen LogP contribution in [0.25, 0.3) is 0 Å². The standard InChI is InChI=1S/C12H17NO2/c1-9-4-6-10(7-5-9)11(14)8-12(15)13(2)3/h4-7,11,14H,8H2,1-3H3/t11-/m1/s1. The Morgan fingerprint density at radius 3 is 2.33 bits per heavy atom. The van der Waals surface area contributed by atoms with E-state index in [9.17, 15) is 9.90 Å². The number of carbonyl (C=O) groups is 1. The number of amides is 1. The summed E-state index contributed by atoms with van der Waals surface area (Å²) < 4.78 is 0. The van der Waals surface area contributed by atoms with Gasteiger partial charge in [-0.2, -0.15) is 0 Å². The molecule has 0 aliphatic carbocycles. The molecule has 0 aliphatic heterocycles. The van der Waals surface area contributed by atoms with Gasteiger partial charge >= 0.3 is 0 Å². The predicted octanol–water partition coefficient (Wildman–Crippen LogP) is 1.51. The predicted molar refractivity (Wildman–Crippen MR) is 59.4 cm³/mol. The summed E-state index contributed by atoms with van der Waals surface area (Å²) in [6.07, 6.45) is -0.573. The van der Waals surface area contributed by atoms with Crippen LogP contribution in [-0.2, 0) is 4.79 Å². The molecular weight excluding hydrogens is 190 g/mol. The third-order valence-corrected chi connectivity index (χ3v) is 2.33. The van der Waals surface area contributed by atoms with Crippen LogP contribution in [0.3, 0.4) is 0 Å². The summed E-state index contributed by atoms with van der Waals surface area (Å²) in [5.74, 6) is -0.0666. The first kappa shape index (κ1) is 11.7. The molecule has 0 spiro atoms. The second-order valence-corrected chi connectivity index (χ2v) is 3.92. The highest BCUT2D eigenvalue weighted by Gasteiger charge is 2.13. The number of aliphatic hydroxyl groups excluding tert-OH is 1. The first-order chi connectivity index (χ1) is 7.00. The van der Waals surface area contributed by atoms with Crippen molar-refractivity contribution in [3.05, 3.63) is 35.4 Å². The van der Waals surface area contributed by atoms with Crippen LogP contribution in [0, 0.1) is 6.92 Å². The molecule has 1 aromatic rings. The molecule has 3 nitrogen and oxygen atoms in total. The summed E-state index contributed by atoms with van der Waals surface area (Å²) >= 11 is 0. The first-order valence-electron chi connectivity index (χ1n) is 4.95. The molecule has 3 heteroatoms. The normalized spacial score (nSPS) is 12.3. The molecule has 0 heterocycles. The first-order valence-corrected chi connectivity index (χ1v) is 4.95. The Morgan fingerprint density at radius 1 is 1.33 bits per heavy atom. The average Bonchev–Trinajstić information content (AvgIpc) is 2.18. The lowest BCUT2D eigenvalue weighted by atomic mass is 10.0. The Hall–Kier alpha value is -1.35. The number of rotatable bonds is 3. The highest BCUT2D eigenvalue weighted by atomic mass is 16.3. The van der Waals surface area contributed by atoms with E-state index in [0.29, 0.717) is 0 Å². The summed E-state index contributed by atoms with van der Waals surface area (Å²) in [6, 6.07) is 7.56. The zero-order chi connectivity index (χ0) is 11.4. The number of hydrogen-bond acceptors (Lipinski definition) is 2. The Kier molecular flexibility index (Phi) is 3.86. The van der Waals surface area contributed by atoms with Gasteiger partial charge in [0.05, 0.1) is 12.5 Å². The molecular formula is C12H17NO2. The van der Waals surface area contributed by atoms with Gasteiger partial charge < -0.3 is 10.0 Å². The van der Waals surface area contributed by atoms with Gasteiger partial charge in [0.15, 0.2) is 0 Å². The molecule has 0 fully saturated rings. The van der Waals surface area contributed by atoms with Gasteiger partial charge in [0.2, 0.25) is 5.91 Å². The van der Waals surface area contributed by atoms with Gasteiger partial charge in [0.25, 0.3) is 0 Å². The summed E-state index contributed by atoms with van der Waals surface area (Å²) in [7, 11) is 3.37. The Labute approximate surface area is 90.3 Å². The van der Waals surface area contributed by atoms with Gasteiger partial charge in [-0.1, -0.05) is 29.8 Å². The van der Waals surface area contributed by atoms with Crippen LogP contribution in [0.15, 0.2) is 24.3 Å². The molecule has 0 aromatic heterocycles. The van der Waals surface area contributed by atoms with Crippen LogP contribution in [0.5, 0.6) is 0 Å². The van der Waals surface area contributed by atoms with Crippen molar-refractivity contribution < 1.29 is 9.90 Å². The SMILES string of the molecule is Cc1ccc([C@H](O)CC(=O)N(C)C)cc1. The Morgan fingerprint density at radius 2 is 1.87 bits per heavy atom. The molecule has 1 rings (SSSR count). The lowest BCUT2D eigenvalue weighted by molar-refractivity contribution is -0.130. The number of benzene rings is 1. The van der Waals surface area contributed by atoms with E-state index >= 15 is 0 Å². The zero-order valence-electron chi connectivity index (χ0n) is 9.40. The van der Waals surface area contributed by atoms with Gasteiger partial charge in [-0.05, 0) is 12.5 Å². The van der Waals surface area contributed by atoms with E-state index in [1.807, 2.05) is 31.2 Å². The fourth-order valence-corrected chi connectivity index (χ4v) is 1.25. The lowest BCUT2D eigenvalue weighted by Crippen LogP contribution is -2.23. The molecule has 15 heavy (non-hydrogen) atoms. The van der Waals surface area contributed by atoms with E-state index in [2.05, 4.69) is 0 Å². The van der Waals surface area contributed by atoms with Gasteiger partial charge in [0.1, 0.15) is 0 Å². The molecule has 0 unspecified atom stereocenters. The van der Waals surface area contributed by atoms with Crippen molar-refractivity contribution in [3.63, 3.8) is 0 Å². The fraction of sp³-hybridized carbons (Fsp3) is 0.417. The van der Waals surface area contributed by atoms with Crippen LogP contribution in [0.4, 0.5) is 0 Å². The van der Waals surface area contributed by atoms with Crippen LogP contribution < -0.4 is 0 Å². The van der Waals surface area contributed by atoms with E-state index in [-0.39, 0.29) is 12.3 Å². The van der Waals surface area contributed by atoms with Crippen molar-refractivity contribution in [2.75, 3.05) is 14.1 Å². The van der Waals surface area contributed by atoms with E-state index < -0.39 is 6.10 Å². The second-order valence-electron chi connectivity index (χ2n) is 3.92. The van der Waals surface area contributed by atoms with Crippen molar-refractivity contribution in [3.8, 4) is 0 Å². The average molecular weight is 207 g/mol. The summed E-state index contributed by atoms with van der Waals surface area (Å²) in [4.78, 5) is 12.8. The molecule has 0 bridgehead atoms. The largest absolute Gasteiger partial charge is 0.388 e. The van der Waals surface area contributed by atoms with Gasteiger partial charge in [0, 0.05) is 14.1 Å². The second kappa shape index (κ2) is 4.94. The maximum atomic E-state index is 11.4. The molecule has 0 saturated carbocycles. The molecule has 1 N–H and O–H groups in total. The van der Waals surface area contributed by atoms with Crippen LogP contribution in [0.1, 0.15) is 23.7 Å². The molecule has 1 atom stereocenters. The van der Waals surface area contributed by atoms with E-state index in [1.54, 1.807) is 14.1 Å². The molecule has 0 aliphatic rings. The summed E-state index contributed by atoms with van der Waals surface area (Å²) in [5, 5.41) is 9.78. The minimum Gasteiger partial charge on any atom is -0.388 e. The van der Waals surface area contributed by atoms with Gasteiger partial charge in [-0.15, -0.1) is 0 Å². The minimum atomic E-state index is -0.708. The van der Waals surface area contributed by atoms with E-state index in [1.165, 1.54) is 4.90 Å². The van der Waals surface area contributed by atoms with Crippen LogP contribution in [-0.4, -0.2) is 30.0 Å². The van der Waals surface area contributed by atoms with Crippen molar-refractivity contribution in [1.29, 1.82) is 0 Å². The highest BCUT2D eigenvalue weighted by molar-refractivity contribution is 5.76. The number of hydrogen-bond donors (Lipinski definition) is 1. The third kappa shape index (κ3) is 3.36. The smallest absolute Gasteiger partial charge is 0.225 e. The van der Waals surface area contributed by atoms with Crippen molar-refractivity contribution in [2.45, 2.75) is 19.4 Å². The number of nitrogens with zero attached hydrogens (tertiary/aromatic N) is 1. The minimum absolute atomic E-state index is 0.0666. The molecule has 1 aromatic carbocycles. The van der Waals surface area contributed by atoms with Crippen molar-refractivity contribution >= 4 is 5.91 Å². The maximum absolute atomic E-state index is 11.4. The van der Waals surface area contributed by atoms with Crippen molar-refractivity contribution in [1.82, 2.24) is 4.90 Å². The topological polar surface area (TPSA) is 40.5 Å². The monoisotopic (exact) mass is 207 g/mol.